The van der Waals surface area contributed by atoms with E-state index in [0.717, 1.165) is 11.4 Å². The highest BCUT2D eigenvalue weighted by atomic mass is 32.2. The highest BCUT2D eigenvalue weighted by molar-refractivity contribution is 7.98. The van der Waals surface area contributed by atoms with Gasteiger partial charge in [0.2, 0.25) is 11.1 Å². The first-order valence-electron chi connectivity index (χ1n) is 7.86. The van der Waals surface area contributed by atoms with Crippen molar-refractivity contribution in [3.8, 4) is 0 Å². The number of benzene rings is 1. The number of nitrogens with zero attached hydrogens (tertiary/aromatic N) is 3. The second-order valence-electron chi connectivity index (χ2n) is 6.04. The van der Waals surface area contributed by atoms with Gasteiger partial charge in [0.15, 0.2) is 0 Å². The number of allylic oxidation sites excluding steroid dienone is 1. The van der Waals surface area contributed by atoms with Gasteiger partial charge in [0.05, 0.1) is 11.6 Å². The molecular formula is C17H21N5OS. The Morgan fingerprint density at radius 1 is 1.33 bits per heavy atom. The van der Waals surface area contributed by atoms with E-state index in [-0.39, 0.29) is 17.9 Å². The van der Waals surface area contributed by atoms with Crippen LogP contribution in [0.2, 0.25) is 0 Å². The number of carbonyl (C=O) groups is 1. The maximum Gasteiger partial charge on any atom is 0.255 e. The number of hydrogen-bond donors (Lipinski definition) is 2. The summed E-state index contributed by atoms with van der Waals surface area (Å²) in [4.78, 5) is 17.4. The molecule has 0 radical (unpaired) electrons. The van der Waals surface area contributed by atoms with Gasteiger partial charge in [-0.2, -0.15) is 4.98 Å². The lowest BCUT2D eigenvalue weighted by Crippen LogP contribution is -2.33. The molecule has 0 saturated carbocycles. The van der Waals surface area contributed by atoms with Crippen LogP contribution in [-0.4, -0.2) is 26.9 Å². The molecule has 1 amide bonds. The number of hydrogen-bond acceptors (Lipinski definition) is 5. The first-order valence-corrected chi connectivity index (χ1v) is 9.08. The molecular weight excluding hydrogens is 322 g/mol. The Balaban J connectivity index is 1.96. The fourth-order valence-corrected chi connectivity index (χ4v) is 3.24. The average molecular weight is 343 g/mol. The zero-order valence-electron chi connectivity index (χ0n) is 14.2. The van der Waals surface area contributed by atoms with Crippen molar-refractivity contribution in [3.63, 3.8) is 0 Å². The van der Waals surface area contributed by atoms with Gasteiger partial charge in [-0.15, -0.1) is 5.10 Å². The summed E-state index contributed by atoms with van der Waals surface area (Å²) in [5.41, 5.74) is 2.29. The van der Waals surface area contributed by atoms with Crippen molar-refractivity contribution in [3.05, 3.63) is 41.6 Å². The summed E-state index contributed by atoms with van der Waals surface area (Å²) in [5, 5.41) is 11.4. The summed E-state index contributed by atoms with van der Waals surface area (Å²) >= 11 is 1.49. The van der Waals surface area contributed by atoms with Crippen LogP contribution < -0.4 is 10.6 Å². The van der Waals surface area contributed by atoms with E-state index in [4.69, 9.17) is 0 Å². The normalized spacial score (nSPS) is 16.8. The number of carbonyl (C=O) groups excluding carboxylic acids is 1. The quantitative estimate of drug-likeness (QED) is 0.831. The Labute approximate surface area is 145 Å². The van der Waals surface area contributed by atoms with Gasteiger partial charge in [0.25, 0.3) is 5.91 Å². The summed E-state index contributed by atoms with van der Waals surface area (Å²) in [7, 11) is 0. The van der Waals surface area contributed by atoms with E-state index in [1.54, 1.807) is 0 Å². The number of nitrogens with one attached hydrogen (secondary N) is 2. The molecule has 3 rings (SSSR count). The Bertz CT molecular complexity index is 782. The molecule has 1 aromatic heterocycles. The fraction of sp³-hybridized carbons (Fsp3) is 0.353. The van der Waals surface area contributed by atoms with Crippen LogP contribution in [0.5, 0.6) is 0 Å². The maximum atomic E-state index is 12.9. The van der Waals surface area contributed by atoms with Crippen molar-refractivity contribution in [2.45, 2.75) is 32.0 Å². The molecule has 1 aliphatic heterocycles. The average Bonchev–Trinajstić information content (AvgIpc) is 2.96. The van der Waals surface area contributed by atoms with Crippen LogP contribution in [0, 0.1) is 5.92 Å². The summed E-state index contributed by atoms with van der Waals surface area (Å²) in [6, 6.07) is 9.32. The minimum absolute atomic E-state index is 0.114. The lowest BCUT2D eigenvalue weighted by atomic mass is 9.92. The van der Waals surface area contributed by atoms with Crippen LogP contribution in [0.3, 0.4) is 0 Å². The molecule has 126 valence electrons. The summed E-state index contributed by atoms with van der Waals surface area (Å²) in [6.45, 7) is 6.08. The topological polar surface area (TPSA) is 71.8 Å². The molecule has 24 heavy (non-hydrogen) atoms. The Morgan fingerprint density at radius 2 is 2.04 bits per heavy atom. The van der Waals surface area contributed by atoms with E-state index < -0.39 is 0 Å². The first-order chi connectivity index (χ1) is 11.5. The Morgan fingerprint density at radius 3 is 2.67 bits per heavy atom. The van der Waals surface area contributed by atoms with Crippen LogP contribution in [0.15, 0.2) is 46.8 Å². The van der Waals surface area contributed by atoms with Crippen molar-refractivity contribution in [2.75, 3.05) is 16.9 Å². The van der Waals surface area contributed by atoms with Gasteiger partial charge in [0.1, 0.15) is 0 Å². The van der Waals surface area contributed by atoms with Crippen molar-refractivity contribution in [1.29, 1.82) is 0 Å². The van der Waals surface area contributed by atoms with Gasteiger partial charge in [0, 0.05) is 11.4 Å². The second kappa shape index (κ2) is 6.68. The van der Waals surface area contributed by atoms with E-state index in [1.807, 2.05) is 48.2 Å². The summed E-state index contributed by atoms with van der Waals surface area (Å²) in [5.74, 6) is 0.775. The summed E-state index contributed by atoms with van der Waals surface area (Å²) < 4.78 is 1.82. The van der Waals surface area contributed by atoms with Crippen LogP contribution in [0.25, 0.3) is 0 Å². The highest BCUT2D eigenvalue weighted by Crippen LogP contribution is 2.36. The van der Waals surface area contributed by atoms with Crippen LogP contribution in [-0.2, 0) is 4.79 Å². The molecule has 7 heteroatoms. The molecule has 0 saturated heterocycles. The number of fused-ring (bicyclic) bond motifs is 1. The van der Waals surface area contributed by atoms with Crippen molar-refractivity contribution in [1.82, 2.24) is 14.8 Å². The van der Waals surface area contributed by atoms with Gasteiger partial charge >= 0.3 is 0 Å². The van der Waals surface area contributed by atoms with Crippen molar-refractivity contribution < 1.29 is 4.79 Å². The third-order valence-corrected chi connectivity index (χ3v) is 4.50. The number of rotatable bonds is 4. The predicted molar refractivity (Wildman–Crippen MR) is 97.1 cm³/mol. The molecule has 0 aliphatic carbocycles. The summed E-state index contributed by atoms with van der Waals surface area (Å²) in [6.07, 6.45) is 1.94. The number of amides is 1. The van der Waals surface area contributed by atoms with E-state index in [1.165, 1.54) is 11.8 Å². The van der Waals surface area contributed by atoms with Gasteiger partial charge in [-0.25, -0.2) is 4.68 Å². The standard InChI is InChI=1S/C17H21N5OS/c1-10(2)14-13(15(23)19-12-8-6-5-7-9-12)11(3)18-16-20-17(24-4)21-22(14)16/h5-10,14H,1-4H3,(H,19,23)(H,18,20,21). The SMILES string of the molecule is CSc1nc2n(n1)C(C(C)C)C(C(=O)Nc1ccccc1)=C(C)N2. The maximum absolute atomic E-state index is 12.9. The number of thioether (sulfide) groups is 1. The van der Waals surface area contributed by atoms with E-state index >= 15 is 0 Å². The highest BCUT2D eigenvalue weighted by Gasteiger charge is 2.34. The molecule has 2 heterocycles. The molecule has 0 fully saturated rings. The first kappa shape index (κ1) is 16.6. The predicted octanol–water partition coefficient (Wildman–Crippen LogP) is 3.54. The van der Waals surface area contributed by atoms with Crippen LogP contribution in [0.1, 0.15) is 26.8 Å². The molecule has 1 unspecified atom stereocenters. The van der Waals surface area contributed by atoms with Crippen molar-refractivity contribution >= 4 is 29.3 Å². The third kappa shape index (κ3) is 3.03. The molecule has 1 atom stereocenters. The van der Waals surface area contributed by atoms with Crippen molar-refractivity contribution in [2.24, 2.45) is 5.92 Å². The van der Waals surface area contributed by atoms with Gasteiger partial charge in [-0.1, -0.05) is 43.8 Å². The zero-order valence-corrected chi connectivity index (χ0v) is 15.0. The van der Waals surface area contributed by atoms with Gasteiger partial charge in [-0.3, -0.25) is 4.79 Å². The fourth-order valence-electron chi connectivity index (χ4n) is 2.89. The molecule has 0 bridgehead atoms. The monoisotopic (exact) mass is 343 g/mol. The number of para-hydroxylation sites is 1. The van der Waals surface area contributed by atoms with Crippen LogP contribution >= 0.6 is 11.8 Å². The molecule has 1 aliphatic rings. The van der Waals surface area contributed by atoms with Gasteiger partial charge in [-0.05, 0) is 31.2 Å². The smallest absolute Gasteiger partial charge is 0.255 e. The number of aromatic nitrogens is 3. The minimum atomic E-state index is -0.154. The number of anilines is 2. The van der Waals surface area contributed by atoms with Gasteiger partial charge < -0.3 is 10.6 Å². The second-order valence-corrected chi connectivity index (χ2v) is 6.81. The molecule has 2 N–H and O–H groups in total. The zero-order chi connectivity index (χ0) is 17.3. The Kier molecular flexibility index (Phi) is 4.62. The molecule has 2 aromatic rings. The Hall–Kier alpha value is -2.28. The lowest BCUT2D eigenvalue weighted by Gasteiger charge is -2.30. The van der Waals surface area contributed by atoms with E-state index in [2.05, 4.69) is 34.6 Å². The lowest BCUT2D eigenvalue weighted by molar-refractivity contribution is -0.113. The third-order valence-electron chi connectivity index (χ3n) is 3.96. The van der Waals surface area contributed by atoms with Crippen LogP contribution in [0.4, 0.5) is 11.6 Å². The van der Waals surface area contributed by atoms with E-state index in [9.17, 15) is 4.79 Å². The largest absolute Gasteiger partial charge is 0.328 e. The van der Waals surface area contributed by atoms with E-state index in [0.29, 0.717) is 16.7 Å². The molecule has 1 aromatic carbocycles. The molecule has 0 spiro atoms. The molecule has 6 nitrogen and oxygen atoms in total. The minimum Gasteiger partial charge on any atom is -0.328 e.